The van der Waals surface area contributed by atoms with Gasteiger partial charge in [-0.1, -0.05) is 35.2 Å². The van der Waals surface area contributed by atoms with Crippen molar-refractivity contribution in [2.45, 2.75) is 11.3 Å². The molecule has 5 nitrogen and oxygen atoms in total. The van der Waals surface area contributed by atoms with Crippen LogP contribution in [0.25, 0.3) is 10.6 Å². The molecule has 3 aromatic rings. The van der Waals surface area contributed by atoms with Crippen molar-refractivity contribution < 1.29 is 9.53 Å². The first-order chi connectivity index (χ1) is 12.1. The first-order valence-corrected chi connectivity index (χ1v) is 9.41. The standard InChI is InChI=1S/C18H17N3O2S2/c1-12-4-3-5-14(10-12)19-16(22)11-24-18-21-20-17(25-18)13-6-8-15(23-2)9-7-13/h3-10H,11H2,1-2H3,(H,19,22). The molecule has 0 aliphatic heterocycles. The number of rotatable bonds is 6. The first-order valence-electron chi connectivity index (χ1n) is 7.61. The van der Waals surface area contributed by atoms with Gasteiger partial charge in [-0.2, -0.15) is 0 Å². The van der Waals surface area contributed by atoms with Crippen molar-refractivity contribution in [2.24, 2.45) is 0 Å². The highest BCUT2D eigenvalue weighted by Gasteiger charge is 2.10. The summed E-state index contributed by atoms with van der Waals surface area (Å²) in [4.78, 5) is 12.1. The molecule has 0 saturated carbocycles. The Labute approximate surface area is 154 Å². The molecule has 0 fully saturated rings. The van der Waals surface area contributed by atoms with Crippen LogP contribution in [0.1, 0.15) is 5.56 Å². The van der Waals surface area contributed by atoms with Gasteiger partial charge in [0.15, 0.2) is 4.34 Å². The Morgan fingerprint density at radius 3 is 2.72 bits per heavy atom. The van der Waals surface area contributed by atoms with E-state index < -0.39 is 0 Å². The van der Waals surface area contributed by atoms with Crippen LogP contribution in [0.4, 0.5) is 5.69 Å². The molecular weight excluding hydrogens is 354 g/mol. The minimum atomic E-state index is -0.0585. The largest absolute Gasteiger partial charge is 0.497 e. The van der Waals surface area contributed by atoms with Gasteiger partial charge in [-0.05, 0) is 48.9 Å². The van der Waals surface area contributed by atoms with E-state index in [9.17, 15) is 4.79 Å². The molecule has 0 bridgehead atoms. The lowest BCUT2D eigenvalue weighted by Gasteiger charge is -2.04. The number of hydrogen-bond acceptors (Lipinski definition) is 6. The SMILES string of the molecule is COc1ccc(-c2nnc(SCC(=O)Nc3cccc(C)c3)s2)cc1. The van der Waals surface area contributed by atoms with E-state index in [4.69, 9.17) is 4.74 Å². The lowest BCUT2D eigenvalue weighted by molar-refractivity contribution is -0.113. The predicted octanol–water partition coefficient (Wildman–Crippen LogP) is 4.25. The zero-order valence-corrected chi connectivity index (χ0v) is 15.5. The van der Waals surface area contributed by atoms with Crippen LogP contribution in [-0.4, -0.2) is 29.0 Å². The third kappa shape index (κ3) is 4.80. The number of hydrogen-bond donors (Lipinski definition) is 1. The lowest BCUT2D eigenvalue weighted by atomic mass is 10.2. The Kier molecular flexibility index (Phi) is 5.67. The van der Waals surface area contributed by atoms with Crippen LogP contribution < -0.4 is 10.1 Å². The molecule has 25 heavy (non-hydrogen) atoms. The normalized spacial score (nSPS) is 10.5. The Morgan fingerprint density at radius 2 is 2.00 bits per heavy atom. The minimum absolute atomic E-state index is 0.0585. The summed E-state index contributed by atoms with van der Waals surface area (Å²) in [6, 6.07) is 15.4. The fourth-order valence-electron chi connectivity index (χ4n) is 2.17. The number of anilines is 1. The third-order valence-corrected chi connectivity index (χ3v) is 5.48. The Bertz CT molecular complexity index is 863. The average molecular weight is 371 g/mol. The third-order valence-electron chi connectivity index (χ3n) is 3.37. The van der Waals surface area contributed by atoms with Gasteiger partial charge in [0.2, 0.25) is 5.91 Å². The van der Waals surface area contributed by atoms with E-state index in [1.165, 1.54) is 23.1 Å². The maximum atomic E-state index is 12.1. The topological polar surface area (TPSA) is 64.1 Å². The van der Waals surface area contributed by atoms with E-state index in [1.54, 1.807) is 7.11 Å². The molecule has 0 aliphatic rings. The molecule has 0 spiro atoms. The number of carbonyl (C=O) groups excluding carboxylic acids is 1. The van der Waals surface area contributed by atoms with Crippen molar-refractivity contribution in [3.8, 4) is 16.3 Å². The Hall–Kier alpha value is -2.38. The smallest absolute Gasteiger partial charge is 0.234 e. The average Bonchev–Trinajstić information content (AvgIpc) is 3.09. The van der Waals surface area contributed by atoms with E-state index >= 15 is 0 Å². The summed E-state index contributed by atoms with van der Waals surface area (Å²) in [5, 5.41) is 12.0. The van der Waals surface area contributed by atoms with Crippen LogP contribution in [0.3, 0.4) is 0 Å². The van der Waals surface area contributed by atoms with Crippen molar-refractivity contribution in [1.29, 1.82) is 0 Å². The molecule has 3 rings (SSSR count). The molecule has 1 amide bonds. The quantitative estimate of drug-likeness (QED) is 0.656. The van der Waals surface area contributed by atoms with E-state index in [2.05, 4.69) is 15.5 Å². The summed E-state index contributed by atoms with van der Waals surface area (Å²) in [6.45, 7) is 1.99. The molecule has 1 aromatic heterocycles. The van der Waals surface area contributed by atoms with Crippen molar-refractivity contribution in [3.63, 3.8) is 0 Å². The Morgan fingerprint density at radius 1 is 1.20 bits per heavy atom. The number of aromatic nitrogens is 2. The molecule has 0 radical (unpaired) electrons. The molecular formula is C18H17N3O2S2. The number of thioether (sulfide) groups is 1. The highest BCUT2D eigenvalue weighted by molar-refractivity contribution is 8.01. The fraction of sp³-hybridized carbons (Fsp3) is 0.167. The van der Waals surface area contributed by atoms with E-state index in [1.807, 2.05) is 55.5 Å². The zero-order chi connectivity index (χ0) is 17.6. The van der Waals surface area contributed by atoms with Gasteiger partial charge in [-0.25, -0.2) is 0 Å². The van der Waals surface area contributed by atoms with Gasteiger partial charge in [-0.15, -0.1) is 10.2 Å². The van der Waals surface area contributed by atoms with E-state index in [0.29, 0.717) is 5.75 Å². The van der Waals surface area contributed by atoms with Crippen molar-refractivity contribution in [1.82, 2.24) is 10.2 Å². The van der Waals surface area contributed by atoms with Crippen molar-refractivity contribution >= 4 is 34.7 Å². The fourth-order valence-corrected chi connectivity index (χ4v) is 3.82. The predicted molar refractivity (Wildman–Crippen MR) is 102 cm³/mol. The minimum Gasteiger partial charge on any atom is -0.497 e. The molecule has 0 atom stereocenters. The summed E-state index contributed by atoms with van der Waals surface area (Å²) < 4.78 is 5.92. The van der Waals surface area contributed by atoms with Gasteiger partial charge < -0.3 is 10.1 Å². The van der Waals surface area contributed by atoms with Crippen LogP contribution in [-0.2, 0) is 4.79 Å². The number of methoxy groups -OCH3 is 1. The van der Waals surface area contributed by atoms with Gasteiger partial charge in [0.05, 0.1) is 12.9 Å². The van der Waals surface area contributed by atoms with Crippen LogP contribution >= 0.6 is 23.1 Å². The molecule has 0 unspecified atom stereocenters. The number of nitrogens with zero attached hydrogens (tertiary/aromatic N) is 2. The van der Waals surface area contributed by atoms with Gasteiger partial charge in [-0.3, -0.25) is 4.79 Å². The highest BCUT2D eigenvalue weighted by atomic mass is 32.2. The van der Waals surface area contributed by atoms with E-state index in [0.717, 1.165) is 31.9 Å². The summed E-state index contributed by atoms with van der Waals surface area (Å²) >= 11 is 2.85. The van der Waals surface area contributed by atoms with Crippen LogP contribution in [0, 0.1) is 6.92 Å². The second-order valence-electron chi connectivity index (χ2n) is 5.31. The van der Waals surface area contributed by atoms with Crippen molar-refractivity contribution in [3.05, 3.63) is 54.1 Å². The maximum Gasteiger partial charge on any atom is 0.234 e. The number of amides is 1. The second kappa shape index (κ2) is 8.13. The maximum absolute atomic E-state index is 12.1. The molecule has 1 heterocycles. The summed E-state index contributed by atoms with van der Waals surface area (Å²) in [5.41, 5.74) is 2.90. The summed E-state index contributed by atoms with van der Waals surface area (Å²) in [5.74, 6) is 1.04. The number of carbonyl (C=O) groups is 1. The molecule has 7 heteroatoms. The van der Waals surface area contributed by atoms with Crippen molar-refractivity contribution in [2.75, 3.05) is 18.2 Å². The summed E-state index contributed by atoms with van der Waals surface area (Å²) in [7, 11) is 1.64. The monoisotopic (exact) mass is 371 g/mol. The molecule has 0 saturated heterocycles. The number of nitrogens with one attached hydrogen (secondary N) is 1. The number of benzene rings is 2. The van der Waals surface area contributed by atoms with E-state index in [-0.39, 0.29) is 5.91 Å². The second-order valence-corrected chi connectivity index (χ2v) is 7.51. The highest BCUT2D eigenvalue weighted by Crippen LogP contribution is 2.30. The first kappa shape index (κ1) is 17.4. The molecule has 1 N–H and O–H groups in total. The zero-order valence-electron chi connectivity index (χ0n) is 13.9. The van der Waals surface area contributed by atoms with Crippen LogP contribution in [0.2, 0.25) is 0 Å². The molecule has 0 aliphatic carbocycles. The number of aryl methyl sites for hydroxylation is 1. The van der Waals surface area contributed by atoms with Gasteiger partial charge >= 0.3 is 0 Å². The van der Waals surface area contributed by atoms with Gasteiger partial charge in [0, 0.05) is 11.3 Å². The van der Waals surface area contributed by atoms with Gasteiger partial charge in [0.25, 0.3) is 0 Å². The van der Waals surface area contributed by atoms with Crippen LogP contribution in [0.15, 0.2) is 52.9 Å². The molecule has 128 valence electrons. The Balaban J connectivity index is 1.56. The number of ether oxygens (including phenoxy) is 1. The molecule has 2 aromatic carbocycles. The lowest BCUT2D eigenvalue weighted by Crippen LogP contribution is -2.13. The van der Waals surface area contributed by atoms with Crippen LogP contribution in [0.5, 0.6) is 5.75 Å². The summed E-state index contributed by atoms with van der Waals surface area (Å²) in [6.07, 6.45) is 0. The van der Waals surface area contributed by atoms with Gasteiger partial charge in [0.1, 0.15) is 10.8 Å².